The van der Waals surface area contributed by atoms with Crippen molar-refractivity contribution in [1.82, 2.24) is 0 Å². The highest BCUT2D eigenvalue weighted by Gasteiger charge is 2.27. The normalized spacial score (nSPS) is 24.4. The number of hydrogen-bond acceptors (Lipinski definition) is 0. The maximum Gasteiger partial charge on any atom is 0.0147 e. The number of fused-ring (bicyclic) bond motifs is 1. The lowest BCUT2D eigenvalue weighted by Gasteiger charge is -2.22. The van der Waals surface area contributed by atoms with E-state index in [0.29, 0.717) is 0 Å². The van der Waals surface area contributed by atoms with E-state index < -0.39 is 0 Å². The molecule has 1 atom stereocenters. The van der Waals surface area contributed by atoms with Gasteiger partial charge in [0, 0.05) is 5.41 Å². The van der Waals surface area contributed by atoms with E-state index >= 15 is 0 Å². The van der Waals surface area contributed by atoms with Crippen LogP contribution in [-0.2, 0) is 5.41 Å². The van der Waals surface area contributed by atoms with Gasteiger partial charge in [0.25, 0.3) is 0 Å². The molecule has 1 aromatic rings. The maximum atomic E-state index is 3.81. The van der Waals surface area contributed by atoms with Crippen LogP contribution in [0.15, 0.2) is 43.0 Å². The SMILES string of the molecule is C=CCC1(C)C=Cc2ccccc21. The van der Waals surface area contributed by atoms with Crippen molar-refractivity contribution in [3.8, 4) is 0 Å². The van der Waals surface area contributed by atoms with Gasteiger partial charge in [0.15, 0.2) is 0 Å². The van der Waals surface area contributed by atoms with Gasteiger partial charge in [0.05, 0.1) is 0 Å². The molecule has 66 valence electrons. The van der Waals surface area contributed by atoms with Crippen LogP contribution in [-0.4, -0.2) is 0 Å². The fourth-order valence-electron chi connectivity index (χ4n) is 2.00. The van der Waals surface area contributed by atoms with Gasteiger partial charge in [0.1, 0.15) is 0 Å². The predicted octanol–water partition coefficient (Wildman–Crippen LogP) is 3.55. The van der Waals surface area contributed by atoms with Gasteiger partial charge in [0.2, 0.25) is 0 Å². The maximum absolute atomic E-state index is 3.81. The Morgan fingerprint density at radius 3 is 2.92 bits per heavy atom. The Morgan fingerprint density at radius 2 is 2.15 bits per heavy atom. The van der Waals surface area contributed by atoms with Crippen molar-refractivity contribution in [2.24, 2.45) is 0 Å². The second kappa shape index (κ2) is 2.88. The highest BCUT2D eigenvalue weighted by atomic mass is 14.3. The highest BCUT2D eigenvalue weighted by Crippen LogP contribution is 2.38. The molecule has 0 nitrogen and oxygen atoms in total. The Balaban J connectivity index is 2.48. The second-order valence-electron chi connectivity index (χ2n) is 3.83. The summed E-state index contributed by atoms with van der Waals surface area (Å²) in [4.78, 5) is 0. The van der Waals surface area contributed by atoms with Crippen LogP contribution >= 0.6 is 0 Å². The molecule has 0 spiro atoms. The van der Waals surface area contributed by atoms with Crippen molar-refractivity contribution in [3.63, 3.8) is 0 Å². The topological polar surface area (TPSA) is 0 Å². The first-order valence-electron chi connectivity index (χ1n) is 4.66. The smallest absolute Gasteiger partial charge is 0.0147 e. The molecule has 0 bridgehead atoms. The van der Waals surface area contributed by atoms with Crippen LogP contribution < -0.4 is 0 Å². The summed E-state index contributed by atoms with van der Waals surface area (Å²) in [6.45, 7) is 6.07. The van der Waals surface area contributed by atoms with E-state index in [4.69, 9.17) is 0 Å². The van der Waals surface area contributed by atoms with Gasteiger partial charge in [-0.2, -0.15) is 0 Å². The van der Waals surface area contributed by atoms with Crippen LogP contribution in [0.1, 0.15) is 24.5 Å². The Kier molecular flexibility index (Phi) is 1.84. The molecule has 1 aliphatic rings. The lowest BCUT2D eigenvalue weighted by Crippen LogP contribution is -2.15. The molecule has 0 heterocycles. The van der Waals surface area contributed by atoms with Crippen LogP contribution in [0.3, 0.4) is 0 Å². The molecule has 13 heavy (non-hydrogen) atoms. The molecule has 0 fully saturated rings. The Bertz CT molecular complexity index is 360. The molecule has 0 radical (unpaired) electrons. The van der Waals surface area contributed by atoms with Crippen LogP contribution in [0.2, 0.25) is 0 Å². The molecule has 2 rings (SSSR count). The number of benzene rings is 1. The highest BCUT2D eigenvalue weighted by molar-refractivity contribution is 5.64. The minimum absolute atomic E-state index is 0.179. The van der Waals surface area contributed by atoms with Crippen LogP contribution in [0.25, 0.3) is 6.08 Å². The Hall–Kier alpha value is -1.30. The van der Waals surface area contributed by atoms with Crippen molar-refractivity contribution in [2.45, 2.75) is 18.8 Å². The fraction of sp³-hybridized carbons (Fsp3) is 0.231. The first-order valence-corrected chi connectivity index (χ1v) is 4.66. The van der Waals surface area contributed by atoms with Crippen LogP contribution in [0, 0.1) is 0 Å². The molecule has 0 N–H and O–H groups in total. The van der Waals surface area contributed by atoms with Gasteiger partial charge in [-0.05, 0) is 17.5 Å². The molecule has 0 saturated heterocycles. The van der Waals surface area contributed by atoms with Gasteiger partial charge >= 0.3 is 0 Å². The third-order valence-corrected chi connectivity index (χ3v) is 2.78. The molecule has 0 aromatic heterocycles. The summed E-state index contributed by atoms with van der Waals surface area (Å²) in [5.41, 5.74) is 2.96. The molecular formula is C13H14. The number of allylic oxidation sites excluding steroid dienone is 2. The minimum Gasteiger partial charge on any atom is -0.103 e. The lowest BCUT2D eigenvalue weighted by atomic mass is 9.82. The lowest BCUT2D eigenvalue weighted by molar-refractivity contribution is 0.617. The monoisotopic (exact) mass is 170 g/mol. The molecule has 1 aromatic carbocycles. The fourth-order valence-corrected chi connectivity index (χ4v) is 2.00. The van der Waals surface area contributed by atoms with E-state index in [0.717, 1.165) is 6.42 Å². The van der Waals surface area contributed by atoms with Gasteiger partial charge in [-0.1, -0.05) is 49.4 Å². The Labute approximate surface area is 79.6 Å². The average molecular weight is 170 g/mol. The van der Waals surface area contributed by atoms with Crippen molar-refractivity contribution in [3.05, 3.63) is 54.1 Å². The molecule has 1 aliphatic carbocycles. The molecule has 0 amide bonds. The number of hydrogen-bond donors (Lipinski definition) is 0. The summed E-state index contributed by atoms with van der Waals surface area (Å²) >= 11 is 0. The molecule has 0 aliphatic heterocycles. The molecule has 0 saturated carbocycles. The van der Waals surface area contributed by atoms with Crippen molar-refractivity contribution < 1.29 is 0 Å². The third kappa shape index (κ3) is 1.23. The van der Waals surface area contributed by atoms with Gasteiger partial charge in [-0.3, -0.25) is 0 Å². The molecule has 0 heteroatoms. The van der Waals surface area contributed by atoms with E-state index in [-0.39, 0.29) is 5.41 Å². The summed E-state index contributed by atoms with van der Waals surface area (Å²) in [6, 6.07) is 8.56. The van der Waals surface area contributed by atoms with Gasteiger partial charge in [-0.15, -0.1) is 6.58 Å². The average Bonchev–Trinajstić information content (AvgIpc) is 2.46. The zero-order valence-corrected chi connectivity index (χ0v) is 7.96. The summed E-state index contributed by atoms with van der Waals surface area (Å²) < 4.78 is 0. The van der Waals surface area contributed by atoms with Crippen molar-refractivity contribution in [1.29, 1.82) is 0 Å². The van der Waals surface area contributed by atoms with Crippen molar-refractivity contribution in [2.75, 3.05) is 0 Å². The summed E-state index contributed by atoms with van der Waals surface area (Å²) in [6.07, 6.45) is 7.49. The first-order chi connectivity index (χ1) is 6.26. The molecular weight excluding hydrogens is 156 g/mol. The number of rotatable bonds is 2. The Morgan fingerprint density at radius 1 is 1.38 bits per heavy atom. The van der Waals surface area contributed by atoms with Gasteiger partial charge < -0.3 is 0 Å². The largest absolute Gasteiger partial charge is 0.103 e. The van der Waals surface area contributed by atoms with Crippen LogP contribution in [0.5, 0.6) is 0 Å². The summed E-state index contributed by atoms with van der Waals surface area (Å²) in [5, 5.41) is 0. The summed E-state index contributed by atoms with van der Waals surface area (Å²) in [5.74, 6) is 0. The van der Waals surface area contributed by atoms with Crippen molar-refractivity contribution >= 4 is 6.08 Å². The third-order valence-electron chi connectivity index (χ3n) is 2.78. The van der Waals surface area contributed by atoms with E-state index in [1.807, 2.05) is 6.08 Å². The quantitative estimate of drug-likeness (QED) is 0.595. The van der Waals surface area contributed by atoms with E-state index in [1.54, 1.807) is 0 Å². The predicted molar refractivity (Wildman–Crippen MR) is 57.6 cm³/mol. The first kappa shape index (κ1) is 8.31. The van der Waals surface area contributed by atoms with E-state index in [9.17, 15) is 0 Å². The zero-order chi connectivity index (χ0) is 9.31. The second-order valence-corrected chi connectivity index (χ2v) is 3.83. The minimum atomic E-state index is 0.179. The van der Waals surface area contributed by atoms with Gasteiger partial charge in [-0.25, -0.2) is 0 Å². The standard InChI is InChI=1S/C13H14/c1-3-9-13(2)10-8-11-6-4-5-7-12(11)13/h3-8,10H,1,9H2,2H3. The van der Waals surface area contributed by atoms with Crippen LogP contribution in [0.4, 0.5) is 0 Å². The van der Waals surface area contributed by atoms with E-state index in [2.05, 4.69) is 49.9 Å². The zero-order valence-electron chi connectivity index (χ0n) is 7.96. The molecule has 1 unspecified atom stereocenters. The van der Waals surface area contributed by atoms with E-state index in [1.165, 1.54) is 11.1 Å². The summed E-state index contributed by atoms with van der Waals surface area (Å²) in [7, 11) is 0.